The molecule has 1 aromatic carbocycles. The number of ether oxygens (including phenoxy) is 1. The van der Waals surface area contributed by atoms with Crippen LogP contribution in [0.4, 0.5) is 11.4 Å². The van der Waals surface area contributed by atoms with Crippen molar-refractivity contribution >= 4 is 17.1 Å². The van der Waals surface area contributed by atoms with Crippen molar-refractivity contribution in [2.24, 2.45) is 0 Å². The number of anilines is 2. The van der Waals surface area contributed by atoms with E-state index in [1.165, 1.54) is 0 Å². The van der Waals surface area contributed by atoms with Crippen LogP contribution in [0, 0.1) is 6.92 Å². The molecular formula is C10H14N2O. The van der Waals surface area contributed by atoms with Gasteiger partial charge in [0, 0.05) is 16.9 Å². The maximum Gasteiger partial charge on any atom is 0.121 e. The molecule has 70 valence electrons. The number of methoxy groups -OCH3 is 1. The molecule has 0 saturated carbocycles. The summed E-state index contributed by atoms with van der Waals surface area (Å²) in [6.45, 7) is 5.63. The first-order valence-electron chi connectivity index (χ1n) is 3.95. The van der Waals surface area contributed by atoms with Crippen molar-refractivity contribution in [1.29, 1.82) is 0 Å². The highest BCUT2D eigenvalue weighted by molar-refractivity contribution is 5.75. The summed E-state index contributed by atoms with van der Waals surface area (Å²) in [5.74, 6) is 0.535. The minimum atomic E-state index is 0.535. The first-order chi connectivity index (χ1) is 6.06. The lowest BCUT2D eigenvalue weighted by Gasteiger charge is -2.11. The van der Waals surface area contributed by atoms with Crippen LogP contribution in [0.15, 0.2) is 18.7 Å². The molecule has 0 radical (unpaired) electrons. The van der Waals surface area contributed by atoms with Crippen molar-refractivity contribution in [3.8, 4) is 0 Å². The molecule has 1 rings (SSSR count). The fourth-order valence-electron chi connectivity index (χ4n) is 1.17. The van der Waals surface area contributed by atoms with Crippen molar-refractivity contribution in [2.45, 2.75) is 6.92 Å². The highest BCUT2D eigenvalue weighted by Crippen LogP contribution is 2.26. The van der Waals surface area contributed by atoms with Gasteiger partial charge >= 0.3 is 0 Å². The van der Waals surface area contributed by atoms with E-state index in [4.69, 9.17) is 16.2 Å². The van der Waals surface area contributed by atoms with Gasteiger partial charge in [-0.3, -0.25) is 0 Å². The van der Waals surface area contributed by atoms with E-state index >= 15 is 0 Å². The Morgan fingerprint density at radius 2 is 2.00 bits per heavy atom. The SMILES string of the molecule is C=C(OC)c1cc(N)cc(C)c1N. The van der Waals surface area contributed by atoms with Gasteiger partial charge < -0.3 is 16.2 Å². The van der Waals surface area contributed by atoms with E-state index < -0.39 is 0 Å². The first-order valence-corrected chi connectivity index (χ1v) is 3.95. The van der Waals surface area contributed by atoms with E-state index in [9.17, 15) is 0 Å². The van der Waals surface area contributed by atoms with Gasteiger partial charge in [-0.15, -0.1) is 0 Å². The smallest absolute Gasteiger partial charge is 0.121 e. The molecule has 0 saturated heterocycles. The number of benzene rings is 1. The van der Waals surface area contributed by atoms with Crippen LogP contribution in [0.5, 0.6) is 0 Å². The molecule has 0 spiro atoms. The standard InChI is InChI=1S/C10H14N2O/c1-6-4-8(11)5-9(10(6)12)7(2)13-3/h4-5H,2,11-12H2,1,3H3. The molecule has 0 aromatic heterocycles. The first kappa shape index (κ1) is 9.45. The summed E-state index contributed by atoms with van der Waals surface area (Å²) in [6, 6.07) is 3.58. The van der Waals surface area contributed by atoms with Crippen LogP contribution in [0.3, 0.4) is 0 Å². The van der Waals surface area contributed by atoms with E-state index in [-0.39, 0.29) is 0 Å². The Labute approximate surface area is 78.0 Å². The van der Waals surface area contributed by atoms with Gasteiger partial charge in [-0.1, -0.05) is 6.58 Å². The minimum absolute atomic E-state index is 0.535. The van der Waals surface area contributed by atoms with Gasteiger partial charge in [0.15, 0.2) is 0 Å². The summed E-state index contributed by atoms with van der Waals surface area (Å²) < 4.78 is 5.00. The maximum absolute atomic E-state index is 5.83. The van der Waals surface area contributed by atoms with Gasteiger partial charge in [0.05, 0.1) is 7.11 Å². The van der Waals surface area contributed by atoms with Crippen molar-refractivity contribution in [3.63, 3.8) is 0 Å². The van der Waals surface area contributed by atoms with Crippen LogP contribution in [0.2, 0.25) is 0 Å². The van der Waals surface area contributed by atoms with E-state index in [0.717, 1.165) is 11.1 Å². The molecule has 0 fully saturated rings. The molecule has 0 heterocycles. The predicted molar refractivity (Wildman–Crippen MR) is 56.0 cm³/mol. The summed E-state index contributed by atoms with van der Waals surface area (Å²) in [5.41, 5.74) is 14.5. The fraction of sp³-hybridized carbons (Fsp3) is 0.200. The zero-order valence-corrected chi connectivity index (χ0v) is 7.92. The number of aryl methyl sites for hydroxylation is 1. The van der Waals surface area contributed by atoms with Crippen LogP contribution in [-0.4, -0.2) is 7.11 Å². The molecule has 0 amide bonds. The third-order valence-electron chi connectivity index (χ3n) is 1.96. The molecule has 4 N–H and O–H groups in total. The van der Waals surface area contributed by atoms with Gasteiger partial charge in [-0.05, 0) is 24.6 Å². The second-order valence-electron chi connectivity index (χ2n) is 2.93. The van der Waals surface area contributed by atoms with Gasteiger partial charge in [-0.2, -0.15) is 0 Å². The highest BCUT2D eigenvalue weighted by atomic mass is 16.5. The number of nitrogen functional groups attached to an aromatic ring is 2. The summed E-state index contributed by atoms with van der Waals surface area (Å²) in [4.78, 5) is 0. The third kappa shape index (κ3) is 1.75. The largest absolute Gasteiger partial charge is 0.497 e. The molecule has 3 heteroatoms. The number of rotatable bonds is 2. The Hall–Kier alpha value is -1.64. The minimum Gasteiger partial charge on any atom is -0.497 e. The lowest BCUT2D eigenvalue weighted by molar-refractivity contribution is 0.371. The van der Waals surface area contributed by atoms with Gasteiger partial charge in [0.2, 0.25) is 0 Å². The van der Waals surface area contributed by atoms with E-state index in [1.807, 2.05) is 13.0 Å². The van der Waals surface area contributed by atoms with Crippen molar-refractivity contribution < 1.29 is 4.74 Å². The molecule has 0 bridgehead atoms. The van der Waals surface area contributed by atoms with Crippen molar-refractivity contribution in [2.75, 3.05) is 18.6 Å². The number of nitrogens with two attached hydrogens (primary N) is 2. The Morgan fingerprint density at radius 3 is 2.54 bits per heavy atom. The van der Waals surface area contributed by atoms with Crippen molar-refractivity contribution in [1.82, 2.24) is 0 Å². The van der Waals surface area contributed by atoms with Crippen LogP contribution >= 0.6 is 0 Å². The van der Waals surface area contributed by atoms with E-state index in [0.29, 0.717) is 17.1 Å². The Balaban J connectivity index is 3.28. The third-order valence-corrected chi connectivity index (χ3v) is 1.96. The molecule has 13 heavy (non-hydrogen) atoms. The monoisotopic (exact) mass is 178 g/mol. The average Bonchev–Trinajstić information content (AvgIpc) is 2.10. The van der Waals surface area contributed by atoms with Gasteiger partial charge in [-0.25, -0.2) is 0 Å². The van der Waals surface area contributed by atoms with E-state index in [2.05, 4.69) is 6.58 Å². The molecular weight excluding hydrogens is 164 g/mol. The van der Waals surface area contributed by atoms with Gasteiger partial charge in [0.1, 0.15) is 5.76 Å². The van der Waals surface area contributed by atoms with E-state index in [1.54, 1.807) is 13.2 Å². The van der Waals surface area contributed by atoms with Crippen LogP contribution in [0.25, 0.3) is 5.76 Å². The summed E-state index contributed by atoms with van der Waals surface area (Å²) in [5, 5.41) is 0. The molecule has 0 atom stereocenters. The molecule has 0 aliphatic heterocycles. The zero-order chi connectivity index (χ0) is 10.0. The second-order valence-corrected chi connectivity index (χ2v) is 2.93. The Kier molecular flexibility index (Phi) is 2.46. The number of hydrogen-bond donors (Lipinski definition) is 2. The Morgan fingerprint density at radius 1 is 1.38 bits per heavy atom. The number of hydrogen-bond acceptors (Lipinski definition) is 3. The highest BCUT2D eigenvalue weighted by Gasteiger charge is 2.06. The lowest BCUT2D eigenvalue weighted by Crippen LogP contribution is -1.99. The fourth-order valence-corrected chi connectivity index (χ4v) is 1.17. The zero-order valence-electron chi connectivity index (χ0n) is 7.92. The van der Waals surface area contributed by atoms with Crippen molar-refractivity contribution in [3.05, 3.63) is 29.8 Å². The second kappa shape index (κ2) is 3.39. The molecule has 0 unspecified atom stereocenters. The van der Waals surface area contributed by atoms with Gasteiger partial charge in [0.25, 0.3) is 0 Å². The molecule has 3 nitrogen and oxygen atoms in total. The van der Waals surface area contributed by atoms with Crippen LogP contribution in [-0.2, 0) is 4.74 Å². The molecule has 0 aliphatic carbocycles. The summed E-state index contributed by atoms with van der Waals surface area (Å²) >= 11 is 0. The predicted octanol–water partition coefficient (Wildman–Crippen LogP) is 1.78. The lowest BCUT2D eigenvalue weighted by atomic mass is 10.1. The quantitative estimate of drug-likeness (QED) is 0.536. The maximum atomic E-state index is 5.83. The normalized spacial score (nSPS) is 9.69. The topological polar surface area (TPSA) is 61.3 Å². The summed E-state index contributed by atoms with van der Waals surface area (Å²) in [6.07, 6.45) is 0. The molecule has 1 aromatic rings. The average molecular weight is 178 g/mol. The van der Waals surface area contributed by atoms with Crippen LogP contribution in [0.1, 0.15) is 11.1 Å². The summed E-state index contributed by atoms with van der Waals surface area (Å²) in [7, 11) is 1.56. The Bertz CT molecular complexity index is 345. The molecule has 0 aliphatic rings. The van der Waals surface area contributed by atoms with Crippen LogP contribution < -0.4 is 11.5 Å².